The largest absolute Gasteiger partial charge is 0.492 e. The highest BCUT2D eigenvalue weighted by molar-refractivity contribution is 5.88. The van der Waals surface area contributed by atoms with Crippen LogP contribution in [0.2, 0.25) is 0 Å². The second-order valence-corrected chi connectivity index (χ2v) is 10.1. The molecule has 0 bridgehead atoms. The van der Waals surface area contributed by atoms with Gasteiger partial charge < -0.3 is 19.9 Å². The third kappa shape index (κ3) is 5.36. The van der Waals surface area contributed by atoms with E-state index in [0.717, 1.165) is 30.7 Å². The summed E-state index contributed by atoms with van der Waals surface area (Å²) in [5.74, 6) is 0.588. The van der Waals surface area contributed by atoms with Crippen LogP contribution < -0.4 is 10.1 Å². The summed E-state index contributed by atoms with van der Waals surface area (Å²) in [6, 6.07) is 16.7. The lowest BCUT2D eigenvalue weighted by Gasteiger charge is -2.45. The van der Waals surface area contributed by atoms with E-state index in [4.69, 9.17) is 9.47 Å². The van der Waals surface area contributed by atoms with Gasteiger partial charge in [0.1, 0.15) is 17.9 Å². The first-order valence-electron chi connectivity index (χ1n) is 12.7. The highest BCUT2D eigenvalue weighted by Gasteiger charge is 2.52. The fourth-order valence-corrected chi connectivity index (χ4v) is 5.15. The molecule has 1 saturated heterocycles. The molecule has 0 unspecified atom stereocenters. The number of nitrogens with zero attached hydrogens (tertiary/aromatic N) is 1. The smallest absolute Gasteiger partial charge is 0.335 e. The van der Waals surface area contributed by atoms with Crippen LogP contribution in [-0.4, -0.2) is 60.3 Å². The fraction of sp³-hybridized carbons (Fsp3) is 0.500. The number of hydrogen-bond donors (Lipinski definition) is 2. The Hall–Kier alpha value is -2.90. The molecule has 2 aromatic carbocycles. The van der Waals surface area contributed by atoms with Crippen LogP contribution in [0.4, 0.5) is 0 Å². The molecule has 7 heteroatoms. The molecule has 3 fully saturated rings. The maximum absolute atomic E-state index is 14.1. The Balaban J connectivity index is 1.33. The summed E-state index contributed by atoms with van der Waals surface area (Å²) in [7, 11) is 0. The van der Waals surface area contributed by atoms with Gasteiger partial charge in [-0.2, -0.15) is 0 Å². The van der Waals surface area contributed by atoms with E-state index in [1.165, 1.54) is 12.8 Å². The third-order valence-electron chi connectivity index (χ3n) is 7.68. The average molecular weight is 479 g/mol. The van der Waals surface area contributed by atoms with Crippen LogP contribution >= 0.6 is 0 Å². The molecule has 5 rings (SSSR count). The Morgan fingerprint density at radius 1 is 1.00 bits per heavy atom. The van der Waals surface area contributed by atoms with Crippen molar-refractivity contribution in [2.75, 3.05) is 32.9 Å². The Bertz CT molecular complexity index is 1030. The molecule has 7 nitrogen and oxygen atoms in total. The summed E-state index contributed by atoms with van der Waals surface area (Å²) in [4.78, 5) is 27.7. The monoisotopic (exact) mass is 478 g/mol. The van der Waals surface area contributed by atoms with Crippen LogP contribution in [0, 0.1) is 5.92 Å². The van der Waals surface area contributed by atoms with Gasteiger partial charge in [0.2, 0.25) is 5.91 Å². The lowest BCUT2D eigenvalue weighted by atomic mass is 9.85. The normalized spacial score (nSPS) is 20.3. The number of nitrogens with one attached hydrogen (secondary N) is 1. The molecule has 1 amide bonds. The Morgan fingerprint density at radius 2 is 1.69 bits per heavy atom. The zero-order valence-electron chi connectivity index (χ0n) is 20.1. The van der Waals surface area contributed by atoms with Gasteiger partial charge in [-0.05, 0) is 74.3 Å². The number of carbonyl (C=O) groups is 2. The predicted molar refractivity (Wildman–Crippen MR) is 131 cm³/mol. The standard InChI is InChI=1S/C28H34N2O5/c31-25(32)22-8-10-23(11-9-22)27(12-13-27)29-26(33)28(14-17-34-18-15-28)30(20-21-6-7-21)16-19-35-24-4-2-1-3-5-24/h1-5,8-11,21H,6-7,12-20H2,(H,29,33)(H,31,32). The fourth-order valence-electron chi connectivity index (χ4n) is 5.15. The van der Waals surface area contributed by atoms with Crippen molar-refractivity contribution in [3.63, 3.8) is 0 Å². The van der Waals surface area contributed by atoms with Crippen molar-refractivity contribution >= 4 is 11.9 Å². The van der Waals surface area contributed by atoms with E-state index in [1.54, 1.807) is 12.1 Å². The molecule has 2 N–H and O–H groups in total. The maximum Gasteiger partial charge on any atom is 0.335 e. The summed E-state index contributed by atoms with van der Waals surface area (Å²) < 4.78 is 11.7. The van der Waals surface area contributed by atoms with E-state index >= 15 is 0 Å². The minimum absolute atomic E-state index is 0.0565. The van der Waals surface area contributed by atoms with Crippen molar-refractivity contribution in [1.82, 2.24) is 10.2 Å². The van der Waals surface area contributed by atoms with Crippen LogP contribution in [0.3, 0.4) is 0 Å². The molecule has 2 saturated carbocycles. The number of carbonyl (C=O) groups excluding carboxylic acids is 1. The molecule has 1 heterocycles. The summed E-state index contributed by atoms with van der Waals surface area (Å²) in [6.07, 6.45) is 5.46. The molecule has 0 spiro atoms. The molecular weight excluding hydrogens is 444 g/mol. The van der Waals surface area contributed by atoms with Crippen LogP contribution in [0.5, 0.6) is 5.75 Å². The molecule has 0 atom stereocenters. The van der Waals surface area contributed by atoms with Gasteiger partial charge in [0.05, 0.1) is 11.1 Å². The van der Waals surface area contributed by atoms with Crippen molar-refractivity contribution in [2.24, 2.45) is 5.92 Å². The molecule has 35 heavy (non-hydrogen) atoms. The van der Waals surface area contributed by atoms with Crippen molar-refractivity contribution in [3.8, 4) is 5.75 Å². The highest BCUT2D eigenvalue weighted by Crippen LogP contribution is 2.47. The lowest BCUT2D eigenvalue weighted by Crippen LogP contribution is -2.63. The van der Waals surface area contributed by atoms with Crippen molar-refractivity contribution in [2.45, 2.75) is 49.6 Å². The number of rotatable bonds is 11. The molecule has 0 aromatic heterocycles. The lowest BCUT2D eigenvalue weighted by molar-refractivity contribution is -0.142. The van der Waals surface area contributed by atoms with E-state index in [2.05, 4.69) is 10.2 Å². The van der Waals surface area contributed by atoms with Crippen LogP contribution in [0.25, 0.3) is 0 Å². The first kappa shape index (κ1) is 23.8. The van der Waals surface area contributed by atoms with E-state index in [1.807, 2.05) is 42.5 Å². The zero-order chi connectivity index (χ0) is 24.3. The van der Waals surface area contributed by atoms with Crippen molar-refractivity contribution < 1.29 is 24.2 Å². The number of benzene rings is 2. The van der Waals surface area contributed by atoms with Gasteiger partial charge >= 0.3 is 5.97 Å². The zero-order valence-corrected chi connectivity index (χ0v) is 20.1. The number of amides is 1. The first-order valence-corrected chi connectivity index (χ1v) is 12.7. The van der Waals surface area contributed by atoms with Crippen LogP contribution in [0.15, 0.2) is 54.6 Å². The number of hydrogen-bond acceptors (Lipinski definition) is 5. The number of carboxylic acid groups (broad SMARTS) is 1. The van der Waals surface area contributed by atoms with Gasteiger partial charge in [0.15, 0.2) is 0 Å². The molecule has 3 aliphatic rings. The Morgan fingerprint density at radius 3 is 2.29 bits per heavy atom. The molecule has 2 aromatic rings. The average Bonchev–Trinajstić information content (AvgIpc) is 3.82. The molecule has 1 aliphatic heterocycles. The van der Waals surface area contributed by atoms with Gasteiger partial charge in [-0.15, -0.1) is 0 Å². The number of ether oxygens (including phenoxy) is 2. The predicted octanol–water partition coefficient (Wildman–Crippen LogP) is 3.83. The van der Waals surface area contributed by atoms with Crippen molar-refractivity contribution in [3.05, 3.63) is 65.7 Å². The minimum atomic E-state index is -0.944. The van der Waals surface area contributed by atoms with Crippen molar-refractivity contribution in [1.29, 1.82) is 0 Å². The number of aromatic carboxylic acids is 1. The molecule has 2 aliphatic carbocycles. The SMILES string of the molecule is O=C(O)c1ccc(C2(NC(=O)C3(N(CCOc4ccccc4)CC4CC4)CCOCC3)CC2)cc1. The molecule has 186 valence electrons. The van der Waals surface area contributed by atoms with Gasteiger partial charge in [-0.25, -0.2) is 4.79 Å². The Labute approximate surface area is 206 Å². The molecule has 0 radical (unpaired) electrons. The quantitative estimate of drug-likeness (QED) is 0.510. The summed E-state index contributed by atoms with van der Waals surface area (Å²) in [5.41, 5.74) is 0.188. The third-order valence-corrected chi connectivity index (χ3v) is 7.68. The van der Waals surface area contributed by atoms with Crippen LogP contribution in [0.1, 0.15) is 54.4 Å². The number of carboxylic acids is 1. The molecular formula is C28H34N2O5. The van der Waals surface area contributed by atoms with E-state index < -0.39 is 17.0 Å². The topological polar surface area (TPSA) is 88.1 Å². The second kappa shape index (κ2) is 9.99. The summed E-state index contributed by atoms with van der Waals surface area (Å²) in [5, 5.41) is 12.6. The highest BCUT2D eigenvalue weighted by atomic mass is 16.5. The Kier molecular flexibility index (Phi) is 6.80. The van der Waals surface area contributed by atoms with E-state index in [9.17, 15) is 14.7 Å². The number of para-hydroxylation sites is 1. The second-order valence-electron chi connectivity index (χ2n) is 10.1. The van der Waals surface area contributed by atoms with Gasteiger partial charge in [-0.3, -0.25) is 9.69 Å². The van der Waals surface area contributed by atoms with Gasteiger partial charge in [0, 0.05) is 26.3 Å². The van der Waals surface area contributed by atoms with E-state index in [0.29, 0.717) is 45.1 Å². The minimum Gasteiger partial charge on any atom is -0.492 e. The van der Waals surface area contributed by atoms with Gasteiger partial charge in [-0.1, -0.05) is 30.3 Å². The van der Waals surface area contributed by atoms with E-state index in [-0.39, 0.29) is 11.5 Å². The summed E-state index contributed by atoms with van der Waals surface area (Å²) >= 11 is 0. The van der Waals surface area contributed by atoms with Crippen LogP contribution in [-0.2, 0) is 15.1 Å². The van der Waals surface area contributed by atoms with Gasteiger partial charge in [0.25, 0.3) is 0 Å². The first-order chi connectivity index (χ1) is 17.0. The summed E-state index contributed by atoms with van der Waals surface area (Å²) in [6.45, 7) is 3.22. The maximum atomic E-state index is 14.1.